The summed E-state index contributed by atoms with van der Waals surface area (Å²) in [6.45, 7) is 0. The van der Waals surface area contributed by atoms with E-state index in [9.17, 15) is 0 Å². The Balaban J connectivity index is 1.19. The fourth-order valence-corrected chi connectivity index (χ4v) is 9.45. The second-order valence-corrected chi connectivity index (χ2v) is 14.7. The minimum atomic E-state index is 0.899. The molecule has 0 saturated heterocycles. The summed E-state index contributed by atoms with van der Waals surface area (Å²) in [5.74, 6) is 0. The molecule has 2 nitrogen and oxygen atoms in total. The summed E-state index contributed by atoms with van der Waals surface area (Å²) in [5, 5.41) is 9.59. The molecule has 2 aromatic heterocycles. The maximum Gasteiger partial charge on any atom is 0.143 e. The zero-order valence-corrected chi connectivity index (χ0v) is 29.5. The molecule has 0 atom stereocenters. The average Bonchev–Trinajstić information content (AvgIpc) is 3.81. The van der Waals surface area contributed by atoms with Gasteiger partial charge in [0.05, 0.1) is 16.1 Å². The third-order valence-corrected chi connectivity index (χ3v) is 11.9. The van der Waals surface area contributed by atoms with Gasteiger partial charge in [-0.25, -0.2) is 0 Å². The zero-order chi connectivity index (χ0) is 34.9. The van der Waals surface area contributed by atoms with Gasteiger partial charge < -0.3 is 9.32 Å². The van der Waals surface area contributed by atoms with E-state index in [1.54, 1.807) is 0 Å². The molecule has 11 aromatic rings. The van der Waals surface area contributed by atoms with Crippen LogP contribution in [0, 0.1) is 0 Å². The van der Waals surface area contributed by atoms with E-state index in [1.807, 2.05) is 11.3 Å². The highest BCUT2D eigenvalue weighted by molar-refractivity contribution is 7.26. The number of hydrogen-bond acceptors (Lipinski definition) is 3. The number of fused-ring (bicyclic) bond motifs is 9. The minimum absolute atomic E-state index is 0.899. The van der Waals surface area contributed by atoms with Gasteiger partial charge in [-0.3, -0.25) is 0 Å². The number of hydrogen-bond donors (Lipinski definition) is 0. The molecule has 0 fully saturated rings. The molecule has 0 unspecified atom stereocenters. The SMILES string of the molecule is c1cc(-c2cccc3ccccc23)cc(N(c2ccccc2-c2cccc3c2oc2c4ccccc4ccc32)c2cccc3c2sc2ccccc23)c1. The lowest BCUT2D eigenvalue weighted by Crippen LogP contribution is -2.11. The number of furan rings is 1. The summed E-state index contributed by atoms with van der Waals surface area (Å²) in [7, 11) is 0. The van der Waals surface area contributed by atoms with Crippen LogP contribution in [-0.4, -0.2) is 0 Å². The Kier molecular flexibility index (Phi) is 6.76. The van der Waals surface area contributed by atoms with Crippen molar-refractivity contribution >= 4 is 92.1 Å². The number of thiophene rings is 1. The molecule has 11 rings (SSSR count). The maximum absolute atomic E-state index is 6.91. The van der Waals surface area contributed by atoms with E-state index < -0.39 is 0 Å². The Labute approximate surface area is 310 Å². The molecule has 0 aliphatic heterocycles. The van der Waals surface area contributed by atoms with Gasteiger partial charge in [-0.2, -0.15) is 0 Å². The van der Waals surface area contributed by atoms with Crippen molar-refractivity contribution in [3.8, 4) is 22.3 Å². The van der Waals surface area contributed by atoms with Crippen LogP contribution in [0.15, 0.2) is 192 Å². The number of nitrogens with zero attached hydrogens (tertiary/aromatic N) is 1. The molecule has 3 heteroatoms. The summed E-state index contributed by atoms with van der Waals surface area (Å²) in [6.07, 6.45) is 0. The first-order valence-electron chi connectivity index (χ1n) is 18.0. The normalized spacial score (nSPS) is 11.8. The van der Waals surface area contributed by atoms with Crippen molar-refractivity contribution < 1.29 is 4.42 Å². The van der Waals surface area contributed by atoms with Gasteiger partial charge in [0.25, 0.3) is 0 Å². The van der Waals surface area contributed by atoms with Gasteiger partial charge in [0.2, 0.25) is 0 Å². The fourth-order valence-electron chi connectivity index (χ4n) is 8.24. The molecule has 0 aliphatic carbocycles. The maximum atomic E-state index is 6.91. The van der Waals surface area contributed by atoms with Crippen LogP contribution in [0.4, 0.5) is 17.1 Å². The van der Waals surface area contributed by atoms with Crippen LogP contribution in [0.2, 0.25) is 0 Å². The van der Waals surface area contributed by atoms with E-state index >= 15 is 0 Å². The third kappa shape index (κ3) is 4.71. The Hall–Kier alpha value is -6.68. The molecule has 0 saturated carbocycles. The number of benzene rings is 9. The number of para-hydroxylation sites is 2. The highest BCUT2D eigenvalue weighted by Crippen LogP contribution is 2.49. The smallest absolute Gasteiger partial charge is 0.143 e. The summed E-state index contributed by atoms with van der Waals surface area (Å²) >= 11 is 1.86. The van der Waals surface area contributed by atoms with Gasteiger partial charge in [0.15, 0.2) is 0 Å². The molecule has 2 heterocycles. The van der Waals surface area contributed by atoms with Crippen molar-refractivity contribution in [2.45, 2.75) is 0 Å². The molecule has 53 heavy (non-hydrogen) atoms. The van der Waals surface area contributed by atoms with E-state index in [4.69, 9.17) is 4.42 Å². The van der Waals surface area contributed by atoms with Gasteiger partial charge >= 0.3 is 0 Å². The van der Waals surface area contributed by atoms with Crippen molar-refractivity contribution in [2.75, 3.05) is 4.90 Å². The van der Waals surface area contributed by atoms with Gasteiger partial charge in [0, 0.05) is 48.4 Å². The summed E-state index contributed by atoms with van der Waals surface area (Å²) < 4.78 is 9.45. The first-order valence-corrected chi connectivity index (χ1v) is 18.8. The topological polar surface area (TPSA) is 16.4 Å². The fraction of sp³-hybridized carbons (Fsp3) is 0. The molecule has 248 valence electrons. The Morgan fingerprint density at radius 1 is 0.377 bits per heavy atom. The van der Waals surface area contributed by atoms with Gasteiger partial charge in [-0.1, -0.05) is 152 Å². The molecule has 9 aromatic carbocycles. The molecule has 0 N–H and O–H groups in total. The molecule has 0 aliphatic rings. The minimum Gasteiger partial charge on any atom is -0.455 e. The number of rotatable bonds is 5. The van der Waals surface area contributed by atoms with E-state index in [2.05, 4.69) is 193 Å². The molecule has 0 amide bonds. The van der Waals surface area contributed by atoms with Crippen molar-refractivity contribution in [3.63, 3.8) is 0 Å². The van der Waals surface area contributed by atoms with Crippen molar-refractivity contribution in [1.82, 2.24) is 0 Å². The average molecular weight is 694 g/mol. The predicted molar refractivity (Wildman–Crippen MR) is 227 cm³/mol. The van der Waals surface area contributed by atoms with E-state index in [0.29, 0.717) is 0 Å². The van der Waals surface area contributed by atoms with E-state index in [1.165, 1.54) is 47.5 Å². The highest BCUT2D eigenvalue weighted by atomic mass is 32.1. The molecule has 0 bridgehead atoms. The predicted octanol–water partition coefficient (Wildman–Crippen LogP) is 15.1. The van der Waals surface area contributed by atoms with Gasteiger partial charge in [-0.15, -0.1) is 11.3 Å². The van der Waals surface area contributed by atoms with Crippen LogP contribution in [0.1, 0.15) is 0 Å². The standard InChI is InChI=1S/C50H31NOS/c1-3-18-36-32(13-1)15-10-22-37(36)34-16-9-17-35(31-34)51(46-27-12-25-44-40-21-6-8-28-47(40)53-50(44)46)45-26-7-5-20-39(45)41-23-11-24-42-43-30-29-33-14-2-4-19-38(33)48(43)52-49(41)42/h1-31H. The molecular formula is C50H31NOS. The van der Waals surface area contributed by atoms with Crippen LogP contribution in [0.25, 0.3) is 85.9 Å². The summed E-state index contributed by atoms with van der Waals surface area (Å²) in [5.41, 5.74) is 9.73. The lowest BCUT2D eigenvalue weighted by atomic mass is 9.96. The first kappa shape index (κ1) is 30.0. The summed E-state index contributed by atoms with van der Waals surface area (Å²) in [4.78, 5) is 2.46. The zero-order valence-electron chi connectivity index (χ0n) is 28.7. The highest BCUT2D eigenvalue weighted by Gasteiger charge is 2.23. The Bertz CT molecular complexity index is 3200. The Morgan fingerprint density at radius 2 is 0.981 bits per heavy atom. The van der Waals surface area contributed by atoms with Crippen molar-refractivity contribution in [1.29, 1.82) is 0 Å². The second-order valence-electron chi connectivity index (χ2n) is 13.6. The largest absolute Gasteiger partial charge is 0.455 e. The molecule has 0 spiro atoms. The van der Waals surface area contributed by atoms with Crippen molar-refractivity contribution in [3.05, 3.63) is 188 Å². The number of anilines is 3. The van der Waals surface area contributed by atoms with Crippen LogP contribution in [0.3, 0.4) is 0 Å². The van der Waals surface area contributed by atoms with Gasteiger partial charge in [0.1, 0.15) is 11.2 Å². The van der Waals surface area contributed by atoms with Crippen molar-refractivity contribution in [2.24, 2.45) is 0 Å². The Morgan fingerprint density at radius 3 is 1.91 bits per heavy atom. The lowest BCUT2D eigenvalue weighted by Gasteiger charge is -2.29. The molecular weight excluding hydrogens is 663 g/mol. The summed E-state index contributed by atoms with van der Waals surface area (Å²) in [6, 6.07) is 67.9. The quantitative estimate of drug-likeness (QED) is 0.178. The third-order valence-electron chi connectivity index (χ3n) is 10.7. The van der Waals surface area contributed by atoms with E-state index in [-0.39, 0.29) is 0 Å². The first-order chi connectivity index (χ1) is 26.3. The van der Waals surface area contributed by atoms with Gasteiger partial charge in [-0.05, 0) is 63.7 Å². The lowest BCUT2D eigenvalue weighted by molar-refractivity contribution is 0.674. The van der Waals surface area contributed by atoms with Crippen LogP contribution >= 0.6 is 11.3 Å². The van der Waals surface area contributed by atoms with E-state index in [0.717, 1.165) is 55.5 Å². The van der Waals surface area contributed by atoms with Crippen LogP contribution in [0.5, 0.6) is 0 Å². The van der Waals surface area contributed by atoms with Crippen LogP contribution < -0.4 is 4.90 Å². The second kappa shape index (κ2) is 11.9. The van der Waals surface area contributed by atoms with Crippen LogP contribution in [-0.2, 0) is 0 Å². The molecule has 0 radical (unpaired) electrons. The monoisotopic (exact) mass is 693 g/mol.